The fourth-order valence-corrected chi connectivity index (χ4v) is 3.30. The minimum Gasteiger partial charge on any atom is -0.342 e. The smallest absolute Gasteiger partial charge is 0.228 e. The SMILES string of the molecule is Cc1cc(CC(=O)N2CC[C@@H]3CNC[C@@H]3CC2)n[nH]1.Cl. The molecule has 0 unspecified atom stereocenters. The zero-order valence-corrected chi connectivity index (χ0v) is 12.7. The number of carbonyl (C=O) groups is 1. The van der Waals surface area contributed by atoms with E-state index in [1.54, 1.807) is 0 Å². The summed E-state index contributed by atoms with van der Waals surface area (Å²) in [7, 11) is 0. The number of nitrogens with zero attached hydrogens (tertiary/aromatic N) is 2. The molecule has 0 bridgehead atoms. The molecule has 2 fully saturated rings. The maximum Gasteiger partial charge on any atom is 0.228 e. The first-order valence-electron chi connectivity index (χ1n) is 7.22. The molecule has 3 rings (SSSR count). The van der Waals surface area contributed by atoms with Gasteiger partial charge in [-0.1, -0.05) is 0 Å². The lowest BCUT2D eigenvalue weighted by atomic mass is 9.92. The third kappa shape index (κ3) is 3.33. The van der Waals surface area contributed by atoms with Gasteiger partial charge in [0.25, 0.3) is 0 Å². The second-order valence-corrected chi connectivity index (χ2v) is 5.86. The lowest BCUT2D eigenvalue weighted by Crippen LogP contribution is -2.34. The number of H-pyrrole nitrogens is 1. The topological polar surface area (TPSA) is 61.0 Å². The Bertz CT molecular complexity index is 448. The van der Waals surface area contributed by atoms with E-state index in [1.807, 2.05) is 17.9 Å². The number of rotatable bonds is 2. The monoisotopic (exact) mass is 298 g/mol. The van der Waals surface area contributed by atoms with Crippen LogP contribution in [0.15, 0.2) is 6.07 Å². The molecule has 0 aromatic carbocycles. The number of aromatic amines is 1. The second kappa shape index (κ2) is 6.59. The number of nitrogens with one attached hydrogen (secondary N) is 2. The number of hydrogen-bond donors (Lipinski definition) is 2. The summed E-state index contributed by atoms with van der Waals surface area (Å²) in [5, 5.41) is 10.5. The molecule has 112 valence electrons. The molecule has 2 atom stereocenters. The first-order valence-corrected chi connectivity index (χ1v) is 7.22. The van der Waals surface area contributed by atoms with Crippen molar-refractivity contribution in [1.82, 2.24) is 20.4 Å². The molecule has 2 N–H and O–H groups in total. The summed E-state index contributed by atoms with van der Waals surface area (Å²) in [6.07, 6.45) is 2.71. The summed E-state index contributed by atoms with van der Waals surface area (Å²) in [6, 6.07) is 1.95. The summed E-state index contributed by atoms with van der Waals surface area (Å²) in [5.74, 6) is 1.76. The Balaban J connectivity index is 0.00000147. The average Bonchev–Trinajstić information content (AvgIpc) is 2.94. The van der Waals surface area contributed by atoms with Crippen molar-refractivity contribution in [3.63, 3.8) is 0 Å². The van der Waals surface area contributed by atoms with Crippen molar-refractivity contribution < 1.29 is 4.79 Å². The largest absolute Gasteiger partial charge is 0.342 e. The summed E-state index contributed by atoms with van der Waals surface area (Å²) < 4.78 is 0. The van der Waals surface area contributed by atoms with Crippen LogP contribution in [-0.2, 0) is 11.2 Å². The third-order valence-electron chi connectivity index (χ3n) is 4.46. The van der Waals surface area contributed by atoms with Gasteiger partial charge in [0.05, 0.1) is 12.1 Å². The van der Waals surface area contributed by atoms with E-state index in [2.05, 4.69) is 15.5 Å². The minimum atomic E-state index is 0. The van der Waals surface area contributed by atoms with E-state index in [4.69, 9.17) is 0 Å². The summed E-state index contributed by atoms with van der Waals surface area (Å²) in [4.78, 5) is 14.3. The Morgan fingerprint density at radius 1 is 1.35 bits per heavy atom. The predicted octanol–water partition coefficient (Wildman–Crippen LogP) is 1.14. The highest BCUT2D eigenvalue weighted by atomic mass is 35.5. The molecule has 0 saturated carbocycles. The molecule has 2 aliphatic heterocycles. The Morgan fingerprint density at radius 2 is 2.00 bits per heavy atom. The van der Waals surface area contributed by atoms with Crippen LogP contribution in [0.1, 0.15) is 24.2 Å². The van der Waals surface area contributed by atoms with Crippen LogP contribution in [0.4, 0.5) is 0 Å². The van der Waals surface area contributed by atoms with Gasteiger partial charge in [0.2, 0.25) is 5.91 Å². The van der Waals surface area contributed by atoms with Crippen LogP contribution in [-0.4, -0.2) is 47.2 Å². The lowest BCUT2D eigenvalue weighted by molar-refractivity contribution is -0.130. The number of fused-ring (bicyclic) bond motifs is 1. The summed E-state index contributed by atoms with van der Waals surface area (Å²) >= 11 is 0. The van der Waals surface area contributed by atoms with Crippen molar-refractivity contribution in [2.75, 3.05) is 26.2 Å². The Morgan fingerprint density at radius 3 is 2.55 bits per heavy atom. The lowest BCUT2D eigenvalue weighted by Gasteiger charge is -2.20. The first-order chi connectivity index (χ1) is 9.22. The second-order valence-electron chi connectivity index (χ2n) is 5.86. The quantitative estimate of drug-likeness (QED) is 0.861. The van der Waals surface area contributed by atoms with Gasteiger partial charge in [0.15, 0.2) is 0 Å². The summed E-state index contributed by atoms with van der Waals surface area (Å²) in [5.41, 5.74) is 1.87. The Labute approximate surface area is 125 Å². The van der Waals surface area contributed by atoms with Gasteiger partial charge in [-0.25, -0.2) is 0 Å². The van der Waals surface area contributed by atoms with Crippen LogP contribution in [0, 0.1) is 18.8 Å². The molecule has 3 heterocycles. The van der Waals surface area contributed by atoms with Gasteiger partial charge in [-0.15, -0.1) is 12.4 Å². The standard InChI is InChI=1S/C14H22N4O.ClH/c1-10-6-13(17-16-10)7-14(19)18-4-2-11-8-15-9-12(11)3-5-18;/h6,11-12,15H,2-5,7-9H2,1H3,(H,16,17);1H/t11-,12+;. The molecule has 2 aliphatic rings. The van der Waals surface area contributed by atoms with Gasteiger partial charge in [-0.3, -0.25) is 9.89 Å². The van der Waals surface area contributed by atoms with Crippen molar-refractivity contribution in [2.45, 2.75) is 26.2 Å². The van der Waals surface area contributed by atoms with E-state index < -0.39 is 0 Å². The number of carbonyl (C=O) groups excluding carboxylic acids is 1. The van der Waals surface area contributed by atoms with Crippen molar-refractivity contribution in [2.24, 2.45) is 11.8 Å². The number of likely N-dealkylation sites (tertiary alicyclic amines) is 1. The van der Waals surface area contributed by atoms with Crippen LogP contribution in [0.5, 0.6) is 0 Å². The van der Waals surface area contributed by atoms with Crippen molar-refractivity contribution >= 4 is 18.3 Å². The fraction of sp³-hybridized carbons (Fsp3) is 0.714. The maximum atomic E-state index is 12.3. The first kappa shape index (κ1) is 15.3. The maximum absolute atomic E-state index is 12.3. The van der Waals surface area contributed by atoms with E-state index in [-0.39, 0.29) is 18.3 Å². The molecule has 1 aromatic heterocycles. The molecular formula is C14H23ClN4O. The Kier molecular flexibility index (Phi) is 5.05. The number of amides is 1. The molecule has 0 spiro atoms. The molecule has 6 heteroatoms. The molecule has 1 aromatic rings. The van der Waals surface area contributed by atoms with Crippen LogP contribution in [0.2, 0.25) is 0 Å². The summed E-state index contributed by atoms with van der Waals surface area (Å²) in [6.45, 7) is 6.04. The van der Waals surface area contributed by atoms with E-state index in [0.29, 0.717) is 6.42 Å². The number of halogens is 1. The minimum absolute atomic E-state index is 0. The van der Waals surface area contributed by atoms with Gasteiger partial charge in [-0.2, -0.15) is 5.10 Å². The van der Waals surface area contributed by atoms with E-state index in [1.165, 1.54) is 0 Å². The predicted molar refractivity (Wildman–Crippen MR) is 79.9 cm³/mol. The molecule has 0 radical (unpaired) electrons. The molecule has 5 nitrogen and oxygen atoms in total. The third-order valence-corrected chi connectivity index (χ3v) is 4.46. The van der Waals surface area contributed by atoms with Crippen molar-refractivity contribution in [1.29, 1.82) is 0 Å². The van der Waals surface area contributed by atoms with Crippen molar-refractivity contribution in [3.05, 3.63) is 17.5 Å². The van der Waals surface area contributed by atoms with Gasteiger partial charge < -0.3 is 10.2 Å². The highest BCUT2D eigenvalue weighted by Crippen LogP contribution is 2.27. The highest BCUT2D eigenvalue weighted by Gasteiger charge is 2.31. The fourth-order valence-electron chi connectivity index (χ4n) is 3.30. The van der Waals surface area contributed by atoms with Crippen LogP contribution < -0.4 is 5.32 Å². The van der Waals surface area contributed by atoms with Crippen molar-refractivity contribution in [3.8, 4) is 0 Å². The number of aryl methyl sites for hydroxylation is 1. The zero-order chi connectivity index (χ0) is 13.2. The van der Waals surface area contributed by atoms with Crippen LogP contribution in [0.25, 0.3) is 0 Å². The number of aromatic nitrogens is 2. The Hall–Kier alpha value is -1.07. The normalized spacial score (nSPS) is 25.8. The highest BCUT2D eigenvalue weighted by molar-refractivity contribution is 5.85. The van der Waals surface area contributed by atoms with Crippen LogP contribution >= 0.6 is 12.4 Å². The molecule has 1 amide bonds. The van der Waals surface area contributed by atoms with Gasteiger partial charge in [-0.05, 0) is 50.8 Å². The van der Waals surface area contributed by atoms with E-state index in [9.17, 15) is 4.79 Å². The van der Waals surface area contributed by atoms with E-state index >= 15 is 0 Å². The van der Waals surface area contributed by atoms with Gasteiger partial charge >= 0.3 is 0 Å². The zero-order valence-electron chi connectivity index (χ0n) is 11.9. The molecule has 20 heavy (non-hydrogen) atoms. The average molecular weight is 299 g/mol. The molecule has 2 saturated heterocycles. The van der Waals surface area contributed by atoms with Crippen LogP contribution in [0.3, 0.4) is 0 Å². The molecule has 0 aliphatic carbocycles. The van der Waals surface area contributed by atoms with E-state index in [0.717, 1.165) is 62.2 Å². The van der Waals surface area contributed by atoms with Gasteiger partial charge in [0.1, 0.15) is 0 Å². The molecular weight excluding hydrogens is 276 g/mol. The number of hydrogen-bond acceptors (Lipinski definition) is 3. The van der Waals surface area contributed by atoms with Gasteiger partial charge in [0, 0.05) is 18.8 Å².